The van der Waals surface area contributed by atoms with Gasteiger partial charge in [0, 0.05) is 19.4 Å². The van der Waals surface area contributed by atoms with E-state index in [0.29, 0.717) is 0 Å². The first-order chi connectivity index (χ1) is 14.4. The fourth-order valence-electron chi connectivity index (χ4n) is 3.74. The van der Waals surface area contributed by atoms with E-state index in [0.717, 1.165) is 5.19 Å². The van der Waals surface area contributed by atoms with Crippen LogP contribution >= 0.6 is 0 Å². The maximum absolute atomic E-state index is 7.01. The van der Waals surface area contributed by atoms with Crippen LogP contribution < -0.4 is 15.6 Å². The summed E-state index contributed by atoms with van der Waals surface area (Å²) in [5, 5.41) is 3.35. The zero-order chi connectivity index (χ0) is 21.7. The maximum Gasteiger partial charge on any atom is 0.527 e. The van der Waals surface area contributed by atoms with Crippen LogP contribution in [0.15, 0.2) is 91.0 Å². The topological polar surface area (TPSA) is 36.9 Å². The van der Waals surface area contributed by atoms with Gasteiger partial charge in [-0.05, 0) is 30.0 Å². The third-order valence-electron chi connectivity index (χ3n) is 5.14. The lowest BCUT2D eigenvalue weighted by molar-refractivity contribution is 0.162. The van der Waals surface area contributed by atoms with Crippen LogP contribution in [0.4, 0.5) is 0 Å². The molecule has 4 nitrogen and oxygen atoms in total. The Labute approximate surface area is 183 Å². The molecule has 0 N–H and O–H groups in total. The van der Waals surface area contributed by atoms with Gasteiger partial charge in [0.05, 0.1) is 0 Å². The molecule has 0 unspecified atom stereocenters. The molecule has 0 saturated carbocycles. The summed E-state index contributed by atoms with van der Waals surface area (Å²) in [4.78, 5) is 0. The summed E-state index contributed by atoms with van der Waals surface area (Å²) in [6.07, 6.45) is 0. The Bertz CT molecular complexity index is 877. The van der Waals surface area contributed by atoms with Crippen LogP contribution in [0, 0.1) is 0 Å². The minimum Gasteiger partial charge on any atom is -0.429 e. The molecule has 0 spiro atoms. The zero-order valence-electron chi connectivity index (χ0n) is 18.3. The van der Waals surface area contributed by atoms with Crippen molar-refractivity contribution < 1.29 is 17.1 Å². The maximum atomic E-state index is 7.01. The van der Waals surface area contributed by atoms with Gasteiger partial charge in [-0.2, -0.15) is 0 Å². The average molecular weight is 455 g/mol. The zero-order valence-corrected chi connectivity index (χ0v) is 21.3. The summed E-state index contributed by atoms with van der Waals surface area (Å²) in [7, 11) is -5.00. The van der Waals surface area contributed by atoms with Gasteiger partial charge in [-0.15, -0.1) is 0 Å². The van der Waals surface area contributed by atoms with Gasteiger partial charge in [-0.3, -0.25) is 0 Å². The molecular weight excluding hydrogens is 425 g/mol. The van der Waals surface area contributed by atoms with Gasteiger partial charge in [-0.1, -0.05) is 91.0 Å². The van der Waals surface area contributed by atoms with Crippen molar-refractivity contribution >= 4 is 41.2 Å². The first-order valence-electron chi connectivity index (χ1n) is 10.0. The summed E-state index contributed by atoms with van der Waals surface area (Å²) in [5.41, 5.74) is 0. The lowest BCUT2D eigenvalue weighted by atomic mass is 10.4. The predicted molar refractivity (Wildman–Crippen MR) is 129 cm³/mol. The van der Waals surface area contributed by atoms with E-state index in [4.69, 9.17) is 17.1 Å². The Morgan fingerprint density at radius 3 is 1.23 bits per heavy atom. The lowest BCUT2D eigenvalue weighted by Gasteiger charge is -2.40. The SMILES string of the molecule is CO[Si](OC)(O[Si](C)(C)O[Si](C)(c1ccccc1)c1ccccc1)c1ccccc1. The molecule has 3 aromatic rings. The molecule has 3 aromatic carbocycles. The van der Waals surface area contributed by atoms with Crippen molar-refractivity contribution in [1.29, 1.82) is 0 Å². The number of benzene rings is 3. The molecule has 0 radical (unpaired) electrons. The first-order valence-corrected chi connectivity index (χ1v) is 17.0. The molecule has 0 aromatic heterocycles. The molecule has 30 heavy (non-hydrogen) atoms. The van der Waals surface area contributed by atoms with Crippen LogP contribution in [0.5, 0.6) is 0 Å². The highest BCUT2D eigenvalue weighted by atomic mass is 28.5. The second-order valence-electron chi connectivity index (χ2n) is 7.70. The number of hydrogen-bond donors (Lipinski definition) is 0. The molecule has 0 saturated heterocycles. The van der Waals surface area contributed by atoms with E-state index >= 15 is 0 Å². The molecule has 0 heterocycles. The number of hydrogen-bond acceptors (Lipinski definition) is 4. The van der Waals surface area contributed by atoms with E-state index in [1.807, 2.05) is 42.5 Å². The molecule has 0 aliphatic carbocycles. The van der Waals surface area contributed by atoms with Crippen molar-refractivity contribution in [1.82, 2.24) is 0 Å². The van der Waals surface area contributed by atoms with E-state index in [2.05, 4.69) is 68.2 Å². The molecule has 3 rings (SSSR count). The summed E-state index contributed by atoms with van der Waals surface area (Å²) in [6.45, 7) is 6.39. The van der Waals surface area contributed by atoms with Crippen molar-refractivity contribution in [3.05, 3.63) is 91.0 Å². The van der Waals surface area contributed by atoms with Crippen LogP contribution in [0.2, 0.25) is 19.6 Å². The molecule has 0 bridgehead atoms. The van der Waals surface area contributed by atoms with Crippen LogP contribution in [0.3, 0.4) is 0 Å². The minimum atomic E-state index is -3.10. The quantitative estimate of drug-likeness (QED) is 0.465. The van der Waals surface area contributed by atoms with Gasteiger partial charge in [-0.25, -0.2) is 0 Å². The van der Waals surface area contributed by atoms with Crippen molar-refractivity contribution in [2.24, 2.45) is 0 Å². The summed E-state index contributed by atoms with van der Waals surface area (Å²) in [5.74, 6) is 0. The molecule has 7 heteroatoms. The van der Waals surface area contributed by atoms with E-state index in [9.17, 15) is 0 Å². The standard InChI is InChI=1S/C23H30O4Si3/c1-24-30(25-2,23-19-13-8-14-20-23)27-28(3,4)26-29(5,21-15-9-6-10-16-21)22-17-11-7-12-18-22/h6-20H,1-5H3. The van der Waals surface area contributed by atoms with Gasteiger partial charge in [0.25, 0.3) is 0 Å². The van der Waals surface area contributed by atoms with Crippen LogP contribution in [0.1, 0.15) is 0 Å². The third-order valence-corrected chi connectivity index (χ3v) is 16.8. The number of rotatable bonds is 9. The molecule has 0 aliphatic heterocycles. The Morgan fingerprint density at radius 2 is 0.867 bits per heavy atom. The Morgan fingerprint density at radius 1 is 0.500 bits per heavy atom. The van der Waals surface area contributed by atoms with Crippen LogP contribution in [-0.2, 0) is 17.1 Å². The molecule has 0 aliphatic rings. The van der Waals surface area contributed by atoms with Crippen LogP contribution in [-0.4, -0.2) is 39.9 Å². The highest BCUT2D eigenvalue weighted by Crippen LogP contribution is 2.22. The Balaban J connectivity index is 1.99. The molecular formula is C23H30O4Si3. The summed E-state index contributed by atoms with van der Waals surface area (Å²) < 4.78 is 25.5. The van der Waals surface area contributed by atoms with E-state index in [-0.39, 0.29) is 0 Å². The predicted octanol–water partition coefficient (Wildman–Crippen LogP) is 3.25. The lowest BCUT2D eigenvalue weighted by Crippen LogP contribution is -2.67. The molecule has 0 amide bonds. The van der Waals surface area contributed by atoms with Crippen molar-refractivity contribution in [2.75, 3.05) is 14.2 Å². The fraction of sp³-hybridized carbons (Fsp3) is 0.217. The van der Waals surface area contributed by atoms with Gasteiger partial charge in [0.15, 0.2) is 0 Å². The second-order valence-corrected chi connectivity index (χ2v) is 17.9. The Hall–Kier alpha value is -1.85. The first kappa shape index (κ1) is 22.8. The van der Waals surface area contributed by atoms with E-state index in [1.54, 1.807) is 14.2 Å². The summed E-state index contributed by atoms with van der Waals surface area (Å²) in [6, 6.07) is 30.8. The molecule has 158 valence electrons. The normalized spacial score (nSPS) is 12.7. The van der Waals surface area contributed by atoms with Gasteiger partial charge >= 0.3 is 17.4 Å². The van der Waals surface area contributed by atoms with Gasteiger partial charge < -0.3 is 17.1 Å². The third kappa shape index (κ3) is 4.89. The minimum absolute atomic E-state index is 0.932. The highest BCUT2D eigenvalue weighted by molar-refractivity contribution is 7.01. The smallest absolute Gasteiger partial charge is 0.429 e. The van der Waals surface area contributed by atoms with Crippen molar-refractivity contribution in [3.63, 3.8) is 0 Å². The van der Waals surface area contributed by atoms with Crippen molar-refractivity contribution in [2.45, 2.75) is 19.6 Å². The van der Waals surface area contributed by atoms with Gasteiger partial charge in [0.1, 0.15) is 0 Å². The van der Waals surface area contributed by atoms with Gasteiger partial charge in [0.2, 0.25) is 8.32 Å². The monoisotopic (exact) mass is 454 g/mol. The summed E-state index contributed by atoms with van der Waals surface area (Å²) >= 11 is 0. The van der Waals surface area contributed by atoms with Crippen molar-refractivity contribution in [3.8, 4) is 0 Å². The van der Waals surface area contributed by atoms with Crippen LogP contribution in [0.25, 0.3) is 0 Å². The molecule has 0 atom stereocenters. The largest absolute Gasteiger partial charge is 0.527 e. The Kier molecular flexibility index (Phi) is 7.25. The van der Waals surface area contributed by atoms with E-state index in [1.165, 1.54) is 10.4 Å². The second kappa shape index (κ2) is 9.53. The fourth-order valence-corrected chi connectivity index (χ4v) is 16.1. The average Bonchev–Trinajstić information content (AvgIpc) is 2.79. The molecule has 0 fully saturated rings. The van der Waals surface area contributed by atoms with E-state index < -0.39 is 25.7 Å². The highest BCUT2D eigenvalue weighted by Gasteiger charge is 2.51.